The summed E-state index contributed by atoms with van der Waals surface area (Å²) in [6.45, 7) is 3.19. The number of methoxy groups -OCH3 is 1. The van der Waals surface area contributed by atoms with Crippen LogP contribution in [0.4, 0.5) is 11.9 Å². The van der Waals surface area contributed by atoms with Crippen molar-refractivity contribution in [1.29, 1.82) is 0 Å². The zero-order valence-corrected chi connectivity index (χ0v) is 10.8. The van der Waals surface area contributed by atoms with Gasteiger partial charge >= 0.3 is 6.01 Å². The van der Waals surface area contributed by atoms with E-state index in [9.17, 15) is 0 Å². The highest BCUT2D eigenvalue weighted by atomic mass is 16.5. The number of nitrogens with one attached hydrogen (secondary N) is 2. The van der Waals surface area contributed by atoms with Gasteiger partial charge in [0, 0.05) is 6.54 Å². The lowest BCUT2D eigenvalue weighted by Crippen LogP contribution is -2.11. The number of ether oxygens (including phenoxy) is 1. The summed E-state index contributed by atoms with van der Waals surface area (Å²) in [6.07, 6.45) is 2.23. The summed E-state index contributed by atoms with van der Waals surface area (Å²) in [7, 11) is 1.50. The summed E-state index contributed by atoms with van der Waals surface area (Å²) in [5.41, 5.74) is 0. The Balaban J connectivity index is 2.05. The van der Waals surface area contributed by atoms with E-state index in [1.54, 1.807) is 0 Å². The maximum absolute atomic E-state index is 5.02. The predicted molar refractivity (Wildman–Crippen MR) is 66.8 cm³/mol. The molecule has 2 aromatic rings. The average molecular weight is 265 g/mol. The van der Waals surface area contributed by atoms with Gasteiger partial charge in [-0.05, 0) is 6.42 Å². The fourth-order valence-electron chi connectivity index (χ4n) is 1.27. The maximum atomic E-state index is 5.02. The minimum absolute atomic E-state index is 0.240. The predicted octanol–water partition coefficient (Wildman–Crippen LogP) is 0.697. The third kappa shape index (κ3) is 3.76. The first-order chi connectivity index (χ1) is 9.31. The molecule has 0 bridgehead atoms. The number of rotatable bonds is 7. The van der Waals surface area contributed by atoms with Gasteiger partial charge in [-0.15, -0.1) is 0 Å². The van der Waals surface area contributed by atoms with Crippen molar-refractivity contribution in [1.82, 2.24) is 25.1 Å². The van der Waals surface area contributed by atoms with Crippen LogP contribution in [0.2, 0.25) is 0 Å². The second-order valence-electron chi connectivity index (χ2n) is 3.60. The van der Waals surface area contributed by atoms with E-state index < -0.39 is 0 Å². The lowest BCUT2D eigenvalue weighted by molar-refractivity contribution is 0.379. The second kappa shape index (κ2) is 6.47. The van der Waals surface area contributed by atoms with E-state index in [0.717, 1.165) is 13.0 Å². The quantitative estimate of drug-likeness (QED) is 0.746. The minimum atomic E-state index is 0.240. The number of aromatic nitrogens is 5. The van der Waals surface area contributed by atoms with Crippen LogP contribution in [-0.2, 0) is 6.54 Å². The van der Waals surface area contributed by atoms with Crippen molar-refractivity contribution in [2.45, 2.75) is 19.9 Å². The highest BCUT2D eigenvalue weighted by molar-refractivity contribution is 5.35. The minimum Gasteiger partial charge on any atom is -0.467 e. The monoisotopic (exact) mass is 265 g/mol. The van der Waals surface area contributed by atoms with Crippen LogP contribution in [-0.4, -0.2) is 38.7 Å². The number of nitrogens with zero attached hydrogens (tertiary/aromatic N) is 5. The molecule has 0 saturated heterocycles. The number of hydrogen-bond acceptors (Lipinski definition) is 9. The fourth-order valence-corrected chi connectivity index (χ4v) is 1.27. The highest BCUT2D eigenvalue weighted by Crippen LogP contribution is 2.11. The summed E-state index contributed by atoms with van der Waals surface area (Å²) in [5.74, 6) is 1.36. The molecule has 0 aliphatic heterocycles. The van der Waals surface area contributed by atoms with Gasteiger partial charge in [0.1, 0.15) is 0 Å². The Kier molecular flexibility index (Phi) is 4.43. The van der Waals surface area contributed by atoms with Crippen LogP contribution in [0.1, 0.15) is 19.2 Å². The lowest BCUT2D eigenvalue weighted by Gasteiger charge is -2.07. The van der Waals surface area contributed by atoms with Crippen molar-refractivity contribution >= 4 is 11.9 Å². The molecule has 0 aromatic carbocycles. The first-order valence-corrected chi connectivity index (χ1v) is 5.85. The molecule has 2 N–H and O–H groups in total. The van der Waals surface area contributed by atoms with Crippen LogP contribution in [0.5, 0.6) is 6.01 Å². The molecule has 0 amide bonds. The third-order valence-electron chi connectivity index (χ3n) is 2.14. The van der Waals surface area contributed by atoms with Crippen molar-refractivity contribution in [3.63, 3.8) is 0 Å². The van der Waals surface area contributed by atoms with E-state index in [1.807, 2.05) is 0 Å². The molecule has 0 saturated carbocycles. The average Bonchev–Trinajstić information content (AvgIpc) is 2.96. The molecular formula is C10H15N7O2. The Hall–Kier alpha value is -2.45. The molecule has 0 unspecified atom stereocenters. The Morgan fingerprint density at radius 3 is 2.63 bits per heavy atom. The van der Waals surface area contributed by atoms with Crippen LogP contribution >= 0.6 is 0 Å². The first kappa shape index (κ1) is 13.0. The van der Waals surface area contributed by atoms with Crippen molar-refractivity contribution in [3.8, 4) is 6.01 Å². The zero-order valence-electron chi connectivity index (χ0n) is 10.8. The second-order valence-corrected chi connectivity index (χ2v) is 3.60. The summed E-state index contributed by atoms with van der Waals surface area (Å²) >= 11 is 0. The van der Waals surface area contributed by atoms with Crippen molar-refractivity contribution < 1.29 is 9.26 Å². The summed E-state index contributed by atoms with van der Waals surface area (Å²) in [6, 6.07) is 0.240. The highest BCUT2D eigenvalue weighted by Gasteiger charge is 2.07. The Bertz CT molecular complexity index is 503. The van der Waals surface area contributed by atoms with E-state index in [4.69, 9.17) is 4.74 Å². The van der Waals surface area contributed by atoms with Gasteiger partial charge in [0.25, 0.3) is 0 Å². The van der Waals surface area contributed by atoms with Gasteiger partial charge in [-0.1, -0.05) is 12.1 Å². The molecule has 2 heterocycles. The molecule has 0 aliphatic rings. The zero-order chi connectivity index (χ0) is 13.5. The van der Waals surface area contributed by atoms with E-state index in [0.29, 0.717) is 24.3 Å². The molecule has 0 spiro atoms. The van der Waals surface area contributed by atoms with Crippen LogP contribution in [0.3, 0.4) is 0 Å². The first-order valence-electron chi connectivity index (χ1n) is 5.85. The SMILES string of the molecule is CCCNc1nc(NCc2ncon2)nc(OC)n1. The smallest absolute Gasteiger partial charge is 0.322 e. The lowest BCUT2D eigenvalue weighted by atomic mass is 10.5. The standard InChI is InChI=1S/C10H15N7O2/c1-3-4-11-8-14-9(16-10(15-8)18-2)12-5-7-13-6-19-17-7/h6H,3-5H2,1-2H3,(H2,11,12,14,15,16). The Labute approximate surface area is 109 Å². The summed E-state index contributed by atoms with van der Waals surface area (Å²) < 4.78 is 9.65. The summed E-state index contributed by atoms with van der Waals surface area (Å²) in [4.78, 5) is 16.3. The molecule has 0 fully saturated rings. The van der Waals surface area contributed by atoms with E-state index in [-0.39, 0.29) is 6.01 Å². The molecule has 9 nitrogen and oxygen atoms in total. The van der Waals surface area contributed by atoms with Crippen molar-refractivity contribution in [2.24, 2.45) is 0 Å². The molecule has 2 aromatic heterocycles. The van der Waals surface area contributed by atoms with Crippen molar-refractivity contribution in [2.75, 3.05) is 24.3 Å². The van der Waals surface area contributed by atoms with Gasteiger partial charge in [0.05, 0.1) is 13.7 Å². The molecule has 0 aliphatic carbocycles. The largest absolute Gasteiger partial charge is 0.467 e. The molecular weight excluding hydrogens is 250 g/mol. The molecule has 0 atom stereocenters. The number of anilines is 2. The van der Waals surface area contributed by atoms with Crippen LogP contribution < -0.4 is 15.4 Å². The molecule has 9 heteroatoms. The van der Waals surface area contributed by atoms with Crippen molar-refractivity contribution in [3.05, 3.63) is 12.2 Å². The molecule has 2 rings (SSSR count). The van der Waals surface area contributed by atoms with E-state index in [1.165, 1.54) is 13.5 Å². The topological polar surface area (TPSA) is 111 Å². The van der Waals surface area contributed by atoms with E-state index in [2.05, 4.69) is 47.2 Å². The number of hydrogen-bond donors (Lipinski definition) is 2. The summed E-state index contributed by atoms with van der Waals surface area (Å²) in [5, 5.41) is 9.72. The van der Waals surface area contributed by atoms with Gasteiger partial charge in [0.2, 0.25) is 18.3 Å². The van der Waals surface area contributed by atoms with Gasteiger partial charge in [-0.25, -0.2) is 0 Å². The van der Waals surface area contributed by atoms with Gasteiger partial charge in [0.15, 0.2) is 5.82 Å². The molecule has 19 heavy (non-hydrogen) atoms. The molecule has 102 valence electrons. The van der Waals surface area contributed by atoms with Gasteiger partial charge < -0.3 is 19.9 Å². The van der Waals surface area contributed by atoms with Crippen LogP contribution in [0.25, 0.3) is 0 Å². The van der Waals surface area contributed by atoms with E-state index >= 15 is 0 Å². The Morgan fingerprint density at radius 2 is 2.00 bits per heavy atom. The van der Waals surface area contributed by atoms with Crippen LogP contribution in [0, 0.1) is 0 Å². The fraction of sp³-hybridized carbons (Fsp3) is 0.500. The molecule has 0 radical (unpaired) electrons. The normalized spacial score (nSPS) is 10.2. The Morgan fingerprint density at radius 1 is 1.21 bits per heavy atom. The van der Waals surface area contributed by atoms with Gasteiger partial charge in [-0.3, -0.25) is 0 Å². The third-order valence-corrected chi connectivity index (χ3v) is 2.14. The maximum Gasteiger partial charge on any atom is 0.322 e. The van der Waals surface area contributed by atoms with Crippen LogP contribution in [0.15, 0.2) is 10.9 Å². The van der Waals surface area contributed by atoms with Gasteiger partial charge in [-0.2, -0.15) is 19.9 Å².